The number of aromatic amines is 1. The number of unbranched alkanes of at least 4 members (excludes halogenated alkanes) is 9. The molecular formula is C23H35NO3S. The highest BCUT2D eigenvalue weighted by Gasteiger charge is 2.01. The van der Waals surface area contributed by atoms with Crippen LogP contribution in [0.1, 0.15) is 76.7 Å². The molecule has 0 atom stereocenters. The van der Waals surface area contributed by atoms with Crippen LogP contribution in [-0.2, 0) is 16.5 Å². The molecule has 0 aliphatic carbocycles. The van der Waals surface area contributed by atoms with Crippen LogP contribution in [0, 0.1) is 0 Å². The van der Waals surface area contributed by atoms with Crippen LogP contribution in [0.25, 0.3) is 0 Å². The van der Waals surface area contributed by atoms with E-state index < -0.39 is 10.1 Å². The van der Waals surface area contributed by atoms with Gasteiger partial charge in [-0.2, -0.15) is 0 Å². The number of pyridine rings is 1. The molecule has 0 radical (unpaired) electrons. The predicted octanol–water partition coefficient (Wildman–Crippen LogP) is 5.55. The third kappa shape index (κ3) is 12.6. The fourth-order valence-electron chi connectivity index (χ4n) is 2.98. The number of nitrogens with one attached hydrogen (secondary N) is 1. The maximum absolute atomic E-state index is 10.8. The van der Waals surface area contributed by atoms with Crippen LogP contribution in [0.15, 0.2) is 59.8 Å². The molecule has 156 valence electrons. The van der Waals surface area contributed by atoms with Gasteiger partial charge < -0.3 is 4.55 Å². The fourth-order valence-corrected chi connectivity index (χ4v) is 3.45. The van der Waals surface area contributed by atoms with E-state index in [-0.39, 0.29) is 4.90 Å². The molecule has 0 bridgehead atoms. The first-order valence-corrected chi connectivity index (χ1v) is 11.9. The number of rotatable bonds is 12. The van der Waals surface area contributed by atoms with Gasteiger partial charge >= 0.3 is 0 Å². The minimum Gasteiger partial charge on any atom is -0.744 e. The molecule has 2 aromatic rings. The molecule has 0 unspecified atom stereocenters. The van der Waals surface area contributed by atoms with Crippen LogP contribution in [0.5, 0.6) is 0 Å². The summed E-state index contributed by atoms with van der Waals surface area (Å²) in [4.78, 5) is 2.75. The van der Waals surface area contributed by atoms with E-state index in [1.54, 1.807) is 12.1 Å². The number of aromatic nitrogens is 1. The van der Waals surface area contributed by atoms with E-state index in [1.807, 2.05) is 30.6 Å². The Kier molecular flexibility index (Phi) is 13.2. The average molecular weight is 406 g/mol. The largest absolute Gasteiger partial charge is 0.744 e. The van der Waals surface area contributed by atoms with Crippen LogP contribution in [0.4, 0.5) is 0 Å². The Morgan fingerprint density at radius 2 is 1.25 bits per heavy atom. The molecule has 0 amide bonds. The van der Waals surface area contributed by atoms with Gasteiger partial charge in [-0.15, -0.1) is 0 Å². The number of benzene rings is 1. The summed E-state index contributed by atoms with van der Waals surface area (Å²) in [6.45, 7) is 2.24. The second-order valence-electron chi connectivity index (χ2n) is 7.11. The van der Waals surface area contributed by atoms with Crippen molar-refractivity contribution in [1.29, 1.82) is 0 Å². The number of hydrogen-bond acceptors (Lipinski definition) is 3. The van der Waals surface area contributed by atoms with Crippen molar-refractivity contribution < 1.29 is 18.0 Å². The van der Waals surface area contributed by atoms with Gasteiger partial charge in [0.15, 0.2) is 12.4 Å². The Hall–Kier alpha value is -1.72. The molecule has 5 heteroatoms. The predicted molar refractivity (Wildman–Crippen MR) is 113 cm³/mol. The summed E-state index contributed by atoms with van der Waals surface area (Å²) < 4.78 is 32.5. The van der Waals surface area contributed by atoms with Crippen LogP contribution in [0.3, 0.4) is 0 Å². The van der Waals surface area contributed by atoms with Crippen molar-refractivity contribution in [3.63, 3.8) is 0 Å². The van der Waals surface area contributed by atoms with E-state index >= 15 is 0 Å². The van der Waals surface area contributed by atoms with Gasteiger partial charge in [0, 0.05) is 12.1 Å². The smallest absolute Gasteiger partial charge is 0.166 e. The first-order chi connectivity index (χ1) is 13.5. The summed E-state index contributed by atoms with van der Waals surface area (Å²) in [5.74, 6) is 0. The van der Waals surface area contributed by atoms with Crippen molar-refractivity contribution in [3.05, 3.63) is 60.4 Å². The maximum atomic E-state index is 10.8. The molecule has 0 aliphatic rings. The second kappa shape index (κ2) is 15.2. The van der Waals surface area contributed by atoms with E-state index in [0.29, 0.717) is 0 Å². The molecule has 1 aromatic heterocycles. The van der Waals surface area contributed by atoms with Crippen molar-refractivity contribution in [1.82, 2.24) is 0 Å². The van der Waals surface area contributed by atoms with E-state index in [4.69, 9.17) is 0 Å². The summed E-state index contributed by atoms with van der Waals surface area (Å²) in [7, 11) is -4.31. The molecule has 1 aromatic carbocycles. The van der Waals surface area contributed by atoms with E-state index in [0.717, 1.165) is 18.4 Å². The Morgan fingerprint density at radius 1 is 0.750 bits per heavy atom. The highest BCUT2D eigenvalue weighted by molar-refractivity contribution is 7.85. The maximum Gasteiger partial charge on any atom is 0.166 e. The first-order valence-electron chi connectivity index (χ1n) is 10.5. The van der Waals surface area contributed by atoms with Crippen molar-refractivity contribution in [2.45, 2.75) is 82.4 Å². The van der Waals surface area contributed by atoms with Gasteiger partial charge in [0.25, 0.3) is 0 Å². The molecule has 4 nitrogen and oxygen atoms in total. The fraction of sp³-hybridized carbons (Fsp3) is 0.522. The van der Waals surface area contributed by atoms with Crippen molar-refractivity contribution >= 4 is 10.1 Å². The summed E-state index contributed by atoms with van der Waals surface area (Å²) in [5.41, 5.74) is 1.10. The molecule has 28 heavy (non-hydrogen) atoms. The third-order valence-corrected chi connectivity index (χ3v) is 5.49. The minimum atomic E-state index is -4.31. The van der Waals surface area contributed by atoms with Gasteiger partial charge in [0.05, 0.1) is 4.90 Å². The minimum absolute atomic E-state index is 0.140. The average Bonchev–Trinajstić information content (AvgIpc) is 2.71. The van der Waals surface area contributed by atoms with Gasteiger partial charge in [0.2, 0.25) is 0 Å². The molecular weight excluding hydrogens is 370 g/mol. The molecule has 1 heterocycles. The number of H-pyrrole nitrogens is 1. The van der Waals surface area contributed by atoms with Gasteiger partial charge in [-0.1, -0.05) is 82.9 Å². The van der Waals surface area contributed by atoms with E-state index in [2.05, 4.69) is 11.9 Å². The molecule has 2 rings (SSSR count). The zero-order valence-corrected chi connectivity index (χ0v) is 17.9. The second-order valence-corrected chi connectivity index (χ2v) is 8.49. The summed E-state index contributed by atoms with van der Waals surface area (Å²) >= 11 is 0. The van der Waals surface area contributed by atoms with E-state index in [9.17, 15) is 13.0 Å². The van der Waals surface area contributed by atoms with Gasteiger partial charge in [-0.05, 0) is 30.5 Å². The van der Waals surface area contributed by atoms with Gasteiger partial charge in [-0.3, -0.25) is 0 Å². The lowest BCUT2D eigenvalue weighted by atomic mass is 10.0. The number of hydrogen-bond donors (Lipinski definition) is 0. The lowest BCUT2D eigenvalue weighted by Gasteiger charge is -2.08. The highest BCUT2D eigenvalue weighted by Crippen LogP contribution is 2.14. The van der Waals surface area contributed by atoms with Crippen LogP contribution < -0.4 is 4.98 Å². The van der Waals surface area contributed by atoms with Crippen molar-refractivity contribution in [3.8, 4) is 0 Å². The Labute approximate surface area is 171 Å². The molecule has 0 saturated heterocycles. The van der Waals surface area contributed by atoms with Crippen LogP contribution >= 0.6 is 0 Å². The molecule has 0 fully saturated rings. The summed E-state index contributed by atoms with van der Waals surface area (Å²) in [6.07, 6.45) is 17.8. The normalized spacial score (nSPS) is 10.9. The van der Waals surface area contributed by atoms with Crippen LogP contribution in [0.2, 0.25) is 0 Å². The Morgan fingerprint density at radius 3 is 1.64 bits per heavy atom. The number of aryl methyl sites for hydroxylation is 1. The Balaban J connectivity index is 0.000000552. The van der Waals surface area contributed by atoms with Crippen LogP contribution in [-0.4, -0.2) is 13.0 Å². The molecule has 0 spiro atoms. The quantitative estimate of drug-likeness (QED) is 0.343. The van der Waals surface area contributed by atoms with Crippen molar-refractivity contribution in [2.75, 3.05) is 0 Å². The monoisotopic (exact) mass is 405 g/mol. The molecule has 0 aliphatic heterocycles. The third-order valence-electron chi connectivity index (χ3n) is 4.64. The molecule has 1 N–H and O–H groups in total. The lowest BCUT2D eigenvalue weighted by molar-refractivity contribution is -0.377. The van der Waals surface area contributed by atoms with Gasteiger partial charge in [0.1, 0.15) is 10.1 Å². The van der Waals surface area contributed by atoms with Gasteiger partial charge in [-0.25, -0.2) is 13.4 Å². The summed E-state index contributed by atoms with van der Waals surface area (Å²) in [5, 5.41) is 0. The van der Waals surface area contributed by atoms with E-state index in [1.165, 1.54) is 69.9 Å². The lowest BCUT2D eigenvalue weighted by Crippen LogP contribution is -1.98. The SMILES string of the molecule is CCCCCCCCCCCCc1ccc(S(=O)(=O)[O-])cc1.c1cc[nH+]cc1. The first kappa shape index (κ1) is 24.3. The molecule has 0 saturated carbocycles. The Bertz CT molecular complexity index is 674. The zero-order valence-electron chi connectivity index (χ0n) is 17.1. The highest BCUT2D eigenvalue weighted by atomic mass is 32.2. The standard InChI is InChI=1S/C18H30O3S.C5H5N/c1-2-3-4-5-6-7-8-9-10-11-12-17-13-15-18(16-14-17)22(19,20)21;1-2-4-6-5-3-1/h13-16H,2-12H2,1H3,(H,19,20,21);1-5H. The topological polar surface area (TPSA) is 71.3 Å². The zero-order chi connectivity index (χ0) is 20.5. The van der Waals surface area contributed by atoms with Crippen molar-refractivity contribution in [2.24, 2.45) is 0 Å². The summed E-state index contributed by atoms with van der Waals surface area (Å²) in [6, 6.07) is 12.2.